The molecule has 0 atom stereocenters. The van der Waals surface area contributed by atoms with Crippen molar-refractivity contribution in [3.63, 3.8) is 0 Å². The summed E-state index contributed by atoms with van der Waals surface area (Å²) in [7, 11) is -3.77. The van der Waals surface area contributed by atoms with E-state index in [0.717, 1.165) is 17.4 Å². The minimum atomic E-state index is -3.77. The highest BCUT2D eigenvalue weighted by molar-refractivity contribution is 7.93. The average Bonchev–Trinajstić information content (AvgIpc) is 3.39. The van der Waals surface area contributed by atoms with Gasteiger partial charge < -0.3 is 14.5 Å². The molecule has 0 bridgehead atoms. The Hall–Kier alpha value is -3.44. The van der Waals surface area contributed by atoms with E-state index in [9.17, 15) is 18.0 Å². The van der Waals surface area contributed by atoms with E-state index < -0.39 is 28.5 Å². The van der Waals surface area contributed by atoms with Gasteiger partial charge in [0.05, 0.1) is 11.2 Å². The van der Waals surface area contributed by atoms with Crippen molar-refractivity contribution in [3.05, 3.63) is 66.1 Å². The van der Waals surface area contributed by atoms with E-state index >= 15 is 0 Å². The Morgan fingerprint density at radius 1 is 1.21 bits per heavy atom. The van der Waals surface area contributed by atoms with Crippen molar-refractivity contribution in [2.45, 2.75) is 4.90 Å². The molecule has 0 saturated carbocycles. The fourth-order valence-electron chi connectivity index (χ4n) is 2.08. The first-order valence-electron chi connectivity index (χ1n) is 8.13. The van der Waals surface area contributed by atoms with Crippen LogP contribution in [0.2, 0.25) is 0 Å². The number of nitrogens with one attached hydrogen (secondary N) is 2. The zero-order valence-electron chi connectivity index (χ0n) is 14.8. The lowest BCUT2D eigenvalue weighted by Crippen LogP contribution is -2.20. The number of hydrogen-bond acceptors (Lipinski definition) is 8. The van der Waals surface area contributed by atoms with Gasteiger partial charge in [-0.15, -0.1) is 11.3 Å². The molecule has 0 fully saturated rings. The second-order valence-electron chi connectivity index (χ2n) is 5.47. The highest BCUT2D eigenvalue weighted by atomic mass is 32.2. The number of aromatic nitrogens is 1. The van der Waals surface area contributed by atoms with Crippen LogP contribution in [0.3, 0.4) is 0 Å². The number of carbonyl (C=O) groups is 2. The lowest BCUT2D eigenvalue weighted by Gasteiger charge is -2.08. The van der Waals surface area contributed by atoms with Crippen molar-refractivity contribution in [3.8, 4) is 0 Å². The van der Waals surface area contributed by atoms with Crippen molar-refractivity contribution in [2.24, 2.45) is 0 Å². The third-order valence-corrected chi connectivity index (χ3v) is 5.55. The maximum atomic E-state index is 12.3. The molecule has 0 saturated heterocycles. The maximum absolute atomic E-state index is 12.3. The number of benzene rings is 1. The molecule has 3 rings (SSSR count). The van der Waals surface area contributed by atoms with Crippen molar-refractivity contribution >= 4 is 50.1 Å². The van der Waals surface area contributed by atoms with Crippen molar-refractivity contribution in [2.75, 3.05) is 16.6 Å². The van der Waals surface area contributed by atoms with Crippen LogP contribution in [0.4, 0.5) is 10.8 Å². The first-order chi connectivity index (χ1) is 13.9. The van der Waals surface area contributed by atoms with Gasteiger partial charge in [0.25, 0.3) is 15.9 Å². The zero-order valence-corrected chi connectivity index (χ0v) is 16.4. The number of thiazole rings is 1. The van der Waals surface area contributed by atoms with Gasteiger partial charge in [0.2, 0.25) is 0 Å². The van der Waals surface area contributed by atoms with Gasteiger partial charge in [0.1, 0.15) is 5.76 Å². The van der Waals surface area contributed by atoms with Crippen LogP contribution in [0.1, 0.15) is 5.76 Å². The first kappa shape index (κ1) is 20.3. The molecule has 0 spiro atoms. The number of hydrogen-bond donors (Lipinski definition) is 2. The molecule has 11 heteroatoms. The van der Waals surface area contributed by atoms with Crippen LogP contribution in [0, 0.1) is 0 Å². The Bertz CT molecular complexity index is 1090. The van der Waals surface area contributed by atoms with Crippen LogP contribution in [-0.2, 0) is 24.3 Å². The Morgan fingerprint density at radius 3 is 2.66 bits per heavy atom. The number of anilines is 2. The number of furan rings is 1. The van der Waals surface area contributed by atoms with E-state index in [0.29, 0.717) is 11.4 Å². The predicted molar refractivity (Wildman–Crippen MR) is 107 cm³/mol. The highest BCUT2D eigenvalue weighted by Gasteiger charge is 2.15. The number of sulfonamides is 1. The summed E-state index contributed by atoms with van der Waals surface area (Å²) < 4.78 is 36.7. The number of carbonyl (C=O) groups excluding carboxylic acids is 2. The van der Waals surface area contributed by atoms with E-state index in [1.165, 1.54) is 42.8 Å². The van der Waals surface area contributed by atoms with E-state index in [2.05, 4.69) is 15.0 Å². The van der Waals surface area contributed by atoms with Crippen molar-refractivity contribution in [1.82, 2.24) is 4.98 Å². The van der Waals surface area contributed by atoms with Crippen LogP contribution in [0.15, 0.2) is 69.6 Å². The molecule has 1 amide bonds. The quantitative estimate of drug-likeness (QED) is 0.413. The van der Waals surface area contributed by atoms with Crippen LogP contribution in [-0.4, -0.2) is 31.9 Å². The number of amides is 1. The molecule has 2 aromatic heterocycles. The largest absolute Gasteiger partial charge is 0.465 e. The zero-order chi connectivity index (χ0) is 20.7. The third kappa shape index (κ3) is 6.02. The third-order valence-electron chi connectivity index (χ3n) is 3.37. The molecule has 0 aliphatic heterocycles. The molecular weight excluding hydrogens is 418 g/mol. The summed E-state index contributed by atoms with van der Waals surface area (Å²) in [5.41, 5.74) is 0.352. The number of nitrogens with zero attached hydrogens (tertiary/aromatic N) is 1. The van der Waals surface area contributed by atoms with Crippen LogP contribution >= 0.6 is 11.3 Å². The summed E-state index contributed by atoms with van der Waals surface area (Å²) in [6.45, 7) is -0.493. The van der Waals surface area contributed by atoms with Gasteiger partial charge >= 0.3 is 5.97 Å². The summed E-state index contributed by atoms with van der Waals surface area (Å²) in [5.74, 6) is -0.793. The van der Waals surface area contributed by atoms with Crippen molar-refractivity contribution < 1.29 is 27.2 Å². The SMILES string of the molecule is O=C(COC(=O)/C=C/c1ccco1)Nc1ccc(S(=O)(=O)Nc2nccs2)cc1. The maximum Gasteiger partial charge on any atom is 0.331 e. The monoisotopic (exact) mass is 433 g/mol. The molecule has 1 aromatic carbocycles. The number of rotatable bonds is 8. The molecule has 0 aliphatic carbocycles. The summed E-state index contributed by atoms with van der Waals surface area (Å²) in [4.78, 5) is 27.3. The topological polar surface area (TPSA) is 128 Å². The second kappa shape index (κ2) is 9.17. The Kier molecular flexibility index (Phi) is 6.42. The fraction of sp³-hybridized carbons (Fsp3) is 0.0556. The van der Waals surface area contributed by atoms with Crippen LogP contribution in [0.25, 0.3) is 6.08 Å². The lowest BCUT2D eigenvalue weighted by atomic mass is 10.3. The molecule has 29 heavy (non-hydrogen) atoms. The Morgan fingerprint density at radius 2 is 2.00 bits per heavy atom. The van der Waals surface area contributed by atoms with E-state index in [1.54, 1.807) is 17.5 Å². The van der Waals surface area contributed by atoms with Crippen LogP contribution < -0.4 is 10.0 Å². The molecule has 0 unspecified atom stereocenters. The molecule has 0 radical (unpaired) electrons. The van der Waals surface area contributed by atoms with Gasteiger partial charge in [-0.1, -0.05) is 0 Å². The van der Waals surface area contributed by atoms with Gasteiger partial charge in [0, 0.05) is 23.3 Å². The van der Waals surface area contributed by atoms with Gasteiger partial charge in [-0.3, -0.25) is 9.52 Å². The normalized spacial score (nSPS) is 11.3. The minimum absolute atomic E-state index is 0.0141. The number of ether oxygens (including phenoxy) is 1. The highest BCUT2D eigenvalue weighted by Crippen LogP contribution is 2.19. The fourth-order valence-corrected chi connectivity index (χ4v) is 3.87. The molecule has 0 aliphatic rings. The van der Waals surface area contributed by atoms with Gasteiger partial charge in [-0.05, 0) is 42.5 Å². The summed E-state index contributed by atoms with van der Waals surface area (Å²) in [6, 6.07) is 8.85. The number of esters is 1. The summed E-state index contributed by atoms with van der Waals surface area (Å²) >= 11 is 1.16. The second-order valence-corrected chi connectivity index (χ2v) is 8.05. The van der Waals surface area contributed by atoms with Gasteiger partial charge in [0.15, 0.2) is 11.7 Å². The molecular formula is C18H15N3O6S2. The standard InChI is InChI=1S/C18H15N3O6S2/c22-16(12-27-17(23)8-5-14-2-1-10-26-14)20-13-3-6-15(7-4-13)29(24,25)21-18-19-9-11-28-18/h1-11H,12H2,(H,19,21)(H,20,22)/b8-5+. The summed E-state index contributed by atoms with van der Waals surface area (Å²) in [5, 5.41) is 4.41. The molecule has 2 heterocycles. The first-order valence-corrected chi connectivity index (χ1v) is 10.5. The predicted octanol–water partition coefficient (Wildman–Crippen LogP) is 2.73. The Balaban J connectivity index is 1.50. The molecule has 150 valence electrons. The van der Waals surface area contributed by atoms with E-state index in [-0.39, 0.29) is 10.0 Å². The smallest absolute Gasteiger partial charge is 0.331 e. The summed E-state index contributed by atoms with van der Waals surface area (Å²) in [6.07, 6.45) is 5.51. The van der Waals surface area contributed by atoms with E-state index in [4.69, 9.17) is 9.15 Å². The molecule has 9 nitrogen and oxygen atoms in total. The Labute approximate surface area is 170 Å². The molecule has 3 aromatic rings. The van der Waals surface area contributed by atoms with E-state index in [1.807, 2.05) is 0 Å². The van der Waals surface area contributed by atoms with Crippen molar-refractivity contribution in [1.29, 1.82) is 0 Å². The lowest BCUT2D eigenvalue weighted by molar-refractivity contribution is -0.142. The molecule has 2 N–H and O–H groups in total. The van der Waals surface area contributed by atoms with Crippen LogP contribution in [0.5, 0.6) is 0 Å². The average molecular weight is 433 g/mol. The van der Waals surface area contributed by atoms with Gasteiger partial charge in [-0.2, -0.15) is 0 Å². The van der Waals surface area contributed by atoms with Gasteiger partial charge in [-0.25, -0.2) is 18.2 Å². The minimum Gasteiger partial charge on any atom is -0.465 e.